The van der Waals surface area contributed by atoms with Crippen molar-refractivity contribution >= 4 is 17.7 Å². The van der Waals surface area contributed by atoms with E-state index in [0.717, 1.165) is 32.1 Å². The van der Waals surface area contributed by atoms with Gasteiger partial charge in [-0.2, -0.15) is 11.8 Å². The first-order valence-corrected chi connectivity index (χ1v) is 6.15. The van der Waals surface area contributed by atoms with Crippen LogP contribution in [0.5, 0.6) is 0 Å². The van der Waals surface area contributed by atoms with E-state index >= 15 is 0 Å². The molecule has 2 nitrogen and oxygen atoms in total. The first-order chi connectivity index (χ1) is 6.26. The lowest BCUT2D eigenvalue weighted by molar-refractivity contribution is -0.148. The van der Waals surface area contributed by atoms with E-state index in [-0.39, 0.29) is 5.41 Å². The number of thioether (sulfide) groups is 1. The van der Waals surface area contributed by atoms with Crippen LogP contribution in [0.1, 0.15) is 38.5 Å². The monoisotopic (exact) mass is 200 g/mol. The summed E-state index contributed by atoms with van der Waals surface area (Å²) >= 11 is 1.89. The Morgan fingerprint density at radius 1 is 1.31 bits per heavy atom. The van der Waals surface area contributed by atoms with Gasteiger partial charge >= 0.3 is 5.97 Å². The molecule has 2 rings (SSSR count). The van der Waals surface area contributed by atoms with E-state index in [2.05, 4.69) is 0 Å². The van der Waals surface area contributed by atoms with E-state index < -0.39 is 5.97 Å². The maximum absolute atomic E-state index is 11.3. The Hall–Kier alpha value is -0.180. The molecule has 1 unspecified atom stereocenters. The highest BCUT2D eigenvalue weighted by molar-refractivity contribution is 8.00. The summed E-state index contributed by atoms with van der Waals surface area (Å²) in [4.78, 5) is 11.3. The van der Waals surface area contributed by atoms with Gasteiger partial charge in [0, 0.05) is 5.25 Å². The van der Waals surface area contributed by atoms with Crippen LogP contribution in [0.25, 0.3) is 0 Å². The van der Waals surface area contributed by atoms with Crippen LogP contribution in [0.15, 0.2) is 0 Å². The molecule has 13 heavy (non-hydrogen) atoms. The lowest BCUT2D eigenvalue weighted by Gasteiger charge is -2.29. The Morgan fingerprint density at radius 3 is 2.46 bits per heavy atom. The maximum Gasteiger partial charge on any atom is 0.310 e. The fourth-order valence-corrected chi connectivity index (χ4v) is 4.30. The van der Waals surface area contributed by atoms with Crippen LogP contribution in [0.2, 0.25) is 0 Å². The van der Waals surface area contributed by atoms with Gasteiger partial charge in [0.25, 0.3) is 0 Å². The predicted octanol–water partition coefficient (Wildman–Crippen LogP) is 2.53. The number of carboxylic acid groups (broad SMARTS) is 1. The second-order valence-corrected chi connectivity index (χ2v) is 5.48. The molecule has 2 fully saturated rings. The first-order valence-electron chi connectivity index (χ1n) is 5.11. The highest BCUT2D eigenvalue weighted by atomic mass is 32.2. The molecular formula is C10H16O2S. The van der Waals surface area contributed by atoms with E-state index in [1.807, 2.05) is 11.8 Å². The molecule has 74 valence electrons. The lowest BCUT2D eigenvalue weighted by atomic mass is 9.81. The number of aliphatic carboxylic acids is 1. The molecule has 0 spiro atoms. The zero-order chi connectivity index (χ0) is 9.31. The van der Waals surface area contributed by atoms with Crippen molar-refractivity contribution in [2.24, 2.45) is 5.41 Å². The molecule has 3 heteroatoms. The molecule has 0 radical (unpaired) electrons. The summed E-state index contributed by atoms with van der Waals surface area (Å²) in [6.07, 6.45) is 6.40. The van der Waals surface area contributed by atoms with Crippen LogP contribution >= 0.6 is 11.8 Å². The second kappa shape index (κ2) is 3.52. The van der Waals surface area contributed by atoms with Gasteiger partial charge in [-0.3, -0.25) is 4.79 Å². The Kier molecular flexibility index (Phi) is 2.54. The molecule has 1 atom stereocenters. The van der Waals surface area contributed by atoms with Crippen LogP contribution in [0.3, 0.4) is 0 Å². The van der Waals surface area contributed by atoms with Crippen LogP contribution in [-0.2, 0) is 4.79 Å². The van der Waals surface area contributed by atoms with Crippen molar-refractivity contribution in [3.63, 3.8) is 0 Å². The molecule has 2 aliphatic rings. The average Bonchev–Trinajstić information content (AvgIpc) is 2.75. The molecule has 1 aliphatic carbocycles. The van der Waals surface area contributed by atoms with Crippen molar-refractivity contribution in [3.05, 3.63) is 0 Å². The minimum atomic E-state index is -0.538. The van der Waals surface area contributed by atoms with Gasteiger partial charge in [-0.05, 0) is 31.4 Å². The molecule has 0 amide bonds. The normalized spacial score (nSPS) is 32.2. The summed E-state index contributed by atoms with van der Waals surface area (Å²) in [5.41, 5.74) is -0.346. The van der Waals surface area contributed by atoms with Crippen LogP contribution in [0, 0.1) is 5.41 Å². The Balaban J connectivity index is 2.16. The van der Waals surface area contributed by atoms with E-state index in [1.165, 1.54) is 12.2 Å². The quantitative estimate of drug-likeness (QED) is 0.744. The summed E-state index contributed by atoms with van der Waals surface area (Å²) in [6.45, 7) is 0. The fraction of sp³-hybridized carbons (Fsp3) is 0.900. The molecule has 0 bridgehead atoms. The molecule has 1 aliphatic heterocycles. The van der Waals surface area contributed by atoms with Crippen molar-refractivity contribution in [2.75, 3.05) is 5.75 Å². The topological polar surface area (TPSA) is 37.3 Å². The third-order valence-corrected chi connectivity index (χ3v) is 5.08. The van der Waals surface area contributed by atoms with Crippen LogP contribution in [-0.4, -0.2) is 22.1 Å². The van der Waals surface area contributed by atoms with E-state index in [0.29, 0.717) is 5.25 Å². The van der Waals surface area contributed by atoms with E-state index in [1.54, 1.807) is 0 Å². The molecule has 0 aromatic carbocycles. The van der Waals surface area contributed by atoms with Gasteiger partial charge in [0.05, 0.1) is 5.41 Å². The van der Waals surface area contributed by atoms with Gasteiger partial charge in [0.1, 0.15) is 0 Å². The minimum Gasteiger partial charge on any atom is -0.481 e. The number of carbonyl (C=O) groups is 1. The summed E-state index contributed by atoms with van der Waals surface area (Å²) in [7, 11) is 0. The van der Waals surface area contributed by atoms with Crippen molar-refractivity contribution in [2.45, 2.75) is 43.8 Å². The molecule has 1 saturated heterocycles. The van der Waals surface area contributed by atoms with Crippen molar-refractivity contribution < 1.29 is 9.90 Å². The fourth-order valence-electron chi connectivity index (χ4n) is 2.69. The summed E-state index contributed by atoms with van der Waals surface area (Å²) in [5.74, 6) is 0.629. The van der Waals surface area contributed by atoms with E-state index in [9.17, 15) is 9.90 Å². The molecule has 1 heterocycles. The van der Waals surface area contributed by atoms with Gasteiger partial charge in [0.15, 0.2) is 0 Å². The van der Waals surface area contributed by atoms with Gasteiger partial charge in [0.2, 0.25) is 0 Å². The smallest absolute Gasteiger partial charge is 0.310 e. The largest absolute Gasteiger partial charge is 0.481 e. The minimum absolute atomic E-state index is 0.346. The van der Waals surface area contributed by atoms with Crippen molar-refractivity contribution in [1.29, 1.82) is 0 Å². The Bertz CT molecular complexity index is 203. The number of rotatable bonds is 2. The zero-order valence-corrected chi connectivity index (χ0v) is 8.61. The van der Waals surface area contributed by atoms with Crippen molar-refractivity contribution in [3.8, 4) is 0 Å². The number of hydrogen-bond acceptors (Lipinski definition) is 2. The summed E-state index contributed by atoms with van der Waals surface area (Å²) < 4.78 is 0. The van der Waals surface area contributed by atoms with Gasteiger partial charge < -0.3 is 5.11 Å². The third-order valence-electron chi connectivity index (χ3n) is 3.47. The molecule has 1 saturated carbocycles. The lowest BCUT2D eigenvalue weighted by Crippen LogP contribution is -2.37. The predicted molar refractivity (Wildman–Crippen MR) is 54.0 cm³/mol. The average molecular weight is 200 g/mol. The Labute approximate surface area is 83.1 Å². The number of carboxylic acids is 1. The molecule has 1 N–H and O–H groups in total. The second-order valence-electron chi connectivity index (χ2n) is 4.17. The third kappa shape index (κ3) is 1.47. The van der Waals surface area contributed by atoms with Crippen LogP contribution < -0.4 is 0 Å². The highest BCUT2D eigenvalue weighted by Crippen LogP contribution is 2.50. The first kappa shape index (κ1) is 9.38. The van der Waals surface area contributed by atoms with Gasteiger partial charge in [-0.15, -0.1) is 0 Å². The van der Waals surface area contributed by atoms with Crippen molar-refractivity contribution in [1.82, 2.24) is 0 Å². The summed E-state index contributed by atoms with van der Waals surface area (Å²) in [6, 6.07) is 0. The van der Waals surface area contributed by atoms with Crippen LogP contribution in [0.4, 0.5) is 0 Å². The molecule has 0 aromatic rings. The summed E-state index contributed by atoms with van der Waals surface area (Å²) in [5, 5.41) is 9.72. The highest BCUT2D eigenvalue weighted by Gasteiger charge is 2.48. The zero-order valence-electron chi connectivity index (χ0n) is 7.79. The molecule has 0 aromatic heterocycles. The van der Waals surface area contributed by atoms with Gasteiger partial charge in [-0.25, -0.2) is 0 Å². The van der Waals surface area contributed by atoms with Gasteiger partial charge in [-0.1, -0.05) is 12.8 Å². The standard InChI is InChI=1S/C10H16O2S/c11-9(12)10(5-1-2-6-10)8-4-3-7-13-8/h8H,1-7H2,(H,11,12). The number of hydrogen-bond donors (Lipinski definition) is 1. The molecular weight excluding hydrogens is 184 g/mol. The maximum atomic E-state index is 11.3. The SMILES string of the molecule is O=C(O)C1(C2CCCS2)CCCC1. The Morgan fingerprint density at radius 2 is 2.00 bits per heavy atom. The van der Waals surface area contributed by atoms with E-state index in [4.69, 9.17) is 0 Å².